The van der Waals surface area contributed by atoms with Crippen molar-refractivity contribution in [3.05, 3.63) is 47.8 Å². The van der Waals surface area contributed by atoms with E-state index in [-0.39, 0.29) is 6.10 Å². The van der Waals surface area contributed by atoms with Crippen molar-refractivity contribution in [2.24, 2.45) is 7.05 Å². The Labute approximate surface area is 177 Å². The van der Waals surface area contributed by atoms with Crippen molar-refractivity contribution in [1.82, 2.24) is 19.0 Å². The number of aryl methyl sites for hydroxylation is 1. The van der Waals surface area contributed by atoms with Crippen LogP contribution >= 0.6 is 0 Å². The lowest BCUT2D eigenvalue weighted by Crippen LogP contribution is -2.54. The summed E-state index contributed by atoms with van der Waals surface area (Å²) in [6, 6.07) is 7.80. The molecule has 0 radical (unpaired) electrons. The SMILES string of the molecule is COc1cccc(CCN2C[C@@]34CN(Cc5cnn(C)c5)C[C@@H](C[C@@H]3S2(=O)=O)O4)c1. The molecule has 1 aromatic carbocycles. The quantitative estimate of drug-likeness (QED) is 0.679. The Morgan fingerprint density at radius 3 is 2.93 bits per heavy atom. The van der Waals surface area contributed by atoms with E-state index in [0.717, 1.165) is 30.0 Å². The number of ether oxygens (including phenoxy) is 2. The van der Waals surface area contributed by atoms with Gasteiger partial charge in [0.15, 0.2) is 0 Å². The Morgan fingerprint density at radius 1 is 1.30 bits per heavy atom. The standard InChI is InChI=1S/C21H28N4O4S/c1-23-11-17(10-22-23)12-24-13-19-9-20-21(14-24,29-19)15-25(30(20,26)27)7-6-16-4-3-5-18(8-16)28-2/h3-5,8,10-11,19-20H,6-7,9,12-15H2,1-2H3/t19-,20+,21+/m1/s1. The molecule has 3 fully saturated rings. The molecule has 3 saturated heterocycles. The molecule has 162 valence electrons. The van der Waals surface area contributed by atoms with Gasteiger partial charge < -0.3 is 9.47 Å². The van der Waals surface area contributed by atoms with E-state index in [1.54, 1.807) is 16.1 Å². The van der Waals surface area contributed by atoms with Crippen LogP contribution in [0, 0.1) is 0 Å². The zero-order valence-corrected chi connectivity index (χ0v) is 18.2. The van der Waals surface area contributed by atoms with Gasteiger partial charge in [0.1, 0.15) is 16.6 Å². The number of likely N-dealkylation sites (tertiary alicyclic amines) is 1. The minimum absolute atomic E-state index is 0.0178. The predicted molar refractivity (Wildman–Crippen MR) is 112 cm³/mol. The van der Waals surface area contributed by atoms with Crippen LogP contribution in [0.25, 0.3) is 0 Å². The maximum absolute atomic E-state index is 13.3. The molecule has 0 saturated carbocycles. The molecular weight excluding hydrogens is 404 g/mol. The minimum Gasteiger partial charge on any atom is -0.497 e. The summed E-state index contributed by atoms with van der Waals surface area (Å²) in [5, 5.41) is 3.80. The first-order chi connectivity index (χ1) is 14.4. The molecule has 3 aliphatic rings. The zero-order chi connectivity index (χ0) is 20.9. The number of nitrogens with zero attached hydrogens (tertiary/aromatic N) is 4. The maximum Gasteiger partial charge on any atom is 0.220 e. The van der Waals surface area contributed by atoms with Crippen molar-refractivity contribution in [1.29, 1.82) is 0 Å². The van der Waals surface area contributed by atoms with Crippen LogP contribution in [-0.4, -0.2) is 77.6 Å². The van der Waals surface area contributed by atoms with Gasteiger partial charge in [0, 0.05) is 51.5 Å². The second-order valence-corrected chi connectivity index (χ2v) is 10.8. The van der Waals surface area contributed by atoms with Gasteiger partial charge in [-0.15, -0.1) is 0 Å². The normalized spacial score (nSPS) is 30.5. The van der Waals surface area contributed by atoms with E-state index >= 15 is 0 Å². The first-order valence-electron chi connectivity index (χ1n) is 10.4. The molecule has 0 N–H and O–H groups in total. The van der Waals surface area contributed by atoms with E-state index < -0.39 is 20.9 Å². The summed E-state index contributed by atoms with van der Waals surface area (Å²) >= 11 is 0. The molecule has 1 aromatic heterocycles. The second-order valence-electron chi connectivity index (χ2n) is 8.70. The van der Waals surface area contributed by atoms with Crippen LogP contribution in [0.15, 0.2) is 36.7 Å². The molecule has 5 rings (SSSR count). The number of benzene rings is 1. The number of methoxy groups -OCH3 is 1. The van der Waals surface area contributed by atoms with E-state index in [1.807, 2.05) is 43.7 Å². The summed E-state index contributed by atoms with van der Waals surface area (Å²) in [4.78, 5) is 2.33. The third-order valence-corrected chi connectivity index (χ3v) is 8.90. The summed E-state index contributed by atoms with van der Waals surface area (Å²) in [5.74, 6) is 0.789. The topological polar surface area (TPSA) is 76.9 Å². The van der Waals surface area contributed by atoms with Gasteiger partial charge >= 0.3 is 0 Å². The average molecular weight is 433 g/mol. The molecule has 8 nitrogen and oxygen atoms in total. The predicted octanol–water partition coefficient (Wildman–Crippen LogP) is 1.03. The summed E-state index contributed by atoms with van der Waals surface area (Å²) < 4.78 is 41.7. The highest BCUT2D eigenvalue weighted by atomic mass is 32.2. The van der Waals surface area contributed by atoms with Gasteiger partial charge in [0.05, 0.1) is 19.4 Å². The van der Waals surface area contributed by atoms with Crippen LogP contribution in [0.1, 0.15) is 17.5 Å². The summed E-state index contributed by atoms with van der Waals surface area (Å²) in [7, 11) is 0.173. The van der Waals surface area contributed by atoms with Crippen molar-refractivity contribution < 1.29 is 17.9 Å². The summed E-state index contributed by atoms with van der Waals surface area (Å²) in [6.45, 7) is 3.07. The number of rotatable bonds is 6. The van der Waals surface area contributed by atoms with Gasteiger partial charge in [-0.25, -0.2) is 8.42 Å². The highest BCUT2D eigenvalue weighted by molar-refractivity contribution is 7.90. The summed E-state index contributed by atoms with van der Waals surface area (Å²) in [6.07, 6.45) is 5.11. The highest BCUT2D eigenvalue weighted by Crippen LogP contribution is 2.46. The van der Waals surface area contributed by atoms with Gasteiger partial charge in [0.25, 0.3) is 0 Å². The molecule has 30 heavy (non-hydrogen) atoms. The minimum atomic E-state index is -3.37. The smallest absolute Gasteiger partial charge is 0.220 e. The molecule has 3 aliphatic heterocycles. The molecule has 2 aromatic rings. The third kappa shape index (κ3) is 3.43. The lowest BCUT2D eigenvalue weighted by molar-refractivity contribution is -0.109. The van der Waals surface area contributed by atoms with Crippen LogP contribution in [0.2, 0.25) is 0 Å². The zero-order valence-electron chi connectivity index (χ0n) is 17.4. The Hall–Kier alpha value is -1.94. The number of sulfonamides is 1. The second kappa shape index (κ2) is 7.33. The van der Waals surface area contributed by atoms with E-state index in [0.29, 0.717) is 32.5 Å². The number of hydrogen-bond donors (Lipinski definition) is 0. The maximum atomic E-state index is 13.3. The molecule has 0 aliphatic carbocycles. The Bertz CT molecular complexity index is 1040. The molecule has 1 spiro atoms. The van der Waals surface area contributed by atoms with Crippen LogP contribution in [0.5, 0.6) is 5.75 Å². The van der Waals surface area contributed by atoms with Crippen molar-refractivity contribution in [2.75, 3.05) is 33.3 Å². The van der Waals surface area contributed by atoms with Crippen LogP contribution in [0.4, 0.5) is 0 Å². The van der Waals surface area contributed by atoms with E-state index in [4.69, 9.17) is 9.47 Å². The Balaban J connectivity index is 1.31. The van der Waals surface area contributed by atoms with Crippen molar-refractivity contribution in [3.63, 3.8) is 0 Å². The molecule has 9 heteroatoms. The average Bonchev–Trinajstić information content (AvgIpc) is 3.30. The van der Waals surface area contributed by atoms with Gasteiger partial charge in [-0.2, -0.15) is 9.40 Å². The first kappa shape index (κ1) is 20.0. The van der Waals surface area contributed by atoms with E-state index in [1.165, 1.54) is 0 Å². The highest BCUT2D eigenvalue weighted by Gasteiger charge is 2.64. The van der Waals surface area contributed by atoms with Crippen LogP contribution < -0.4 is 4.74 Å². The van der Waals surface area contributed by atoms with E-state index in [2.05, 4.69) is 10.00 Å². The largest absolute Gasteiger partial charge is 0.497 e. The fourth-order valence-electron chi connectivity index (χ4n) is 5.26. The van der Waals surface area contributed by atoms with Gasteiger partial charge in [-0.1, -0.05) is 12.1 Å². The first-order valence-corrected chi connectivity index (χ1v) is 11.9. The fourth-order valence-corrected chi connectivity index (χ4v) is 7.57. The molecule has 0 unspecified atom stereocenters. The molecule has 2 bridgehead atoms. The van der Waals surface area contributed by atoms with Gasteiger partial charge in [0.2, 0.25) is 10.0 Å². The molecule has 0 amide bonds. The number of aromatic nitrogens is 2. The van der Waals surface area contributed by atoms with E-state index in [9.17, 15) is 8.42 Å². The molecule has 3 atom stereocenters. The van der Waals surface area contributed by atoms with Gasteiger partial charge in [-0.3, -0.25) is 9.58 Å². The monoisotopic (exact) mass is 432 g/mol. The lowest BCUT2D eigenvalue weighted by Gasteiger charge is -2.39. The molecular formula is C21H28N4O4S. The van der Waals surface area contributed by atoms with Crippen molar-refractivity contribution in [2.45, 2.75) is 36.3 Å². The number of hydrogen-bond acceptors (Lipinski definition) is 6. The van der Waals surface area contributed by atoms with Crippen molar-refractivity contribution in [3.8, 4) is 5.75 Å². The fraction of sp³-hybridized carbons (Fsp3) is 0.571. The summed E-state index contributed by atoms with van der Waals surface area (Å²) in [5.41, 5.74) is 1.58. The molecule has 4 heterocycles. The van der Waals surface area contributed by atoms with Crippen LogP contribution in [0.3, 0.4) is 0 Å². The Kier molecular flexibility index (Phi) is 4.89. The van der Waals surface area contributed by atoms with Gasteiger partial charge in [-0.05, 0) is 30.5 Å². The Morgan fingerprint density at radius 2 is 2.17 bits per heavy atom. The third-order valence-electron chi connectivity index (χ3n) is 6.53. The lowest BCUT2D eigenvalue weighted by atomic mass is 9.99. The number of morpholine rings is 1. The number of fused-ring (bicyclic) bond motifs is 1. The van der Waals surface area contributed by atoms with Crippen molar-refractivity contribution >= 4 is 10.0 Å². The van der Waals surface area contributed by atoms with Crippen LogP contribution in [-0.2, 0) is 34.8 Å².